The number of nitrogens with one attached hydrogen (secondary N) is 2. The smallest absolute Gasteiger partial charge is 0.328 e. The molecule has 2 aromatic rings. The highest BCUT2D eigenvalue weighted by Gasteiger charge is 2.63. The van der Waals surface area contributed by atoms with E-state index < -0.39 is 47.6 Å². The summed E-state index contributed by atoms with van der Waals surface area (Å²) >= 11 is 0. The molecule has 0 radical (unpaired) electrons. The zero-order chi connectivity index (χ0) is 24.8. The Morgan fingerprint density at radius 1 is 1.09 bits per heavy atom. The monoisotopic (exact) mass is 489 g/mol. The summed E-state index contributed by atoms with van der Waals surface area (Å²) in [5, 5.41) is 19.0. The topological polar surface area (TPSA) is 146 Å². The number of halogens is 1. The van der Waals surface area contributed by atoms with Gasteiger partial charge < -0.3 is 28.9 Å². The Labute approximate surface area is 198 Å². The van der Waals surface area contributed by atoms with Crippen molar-refractivity contribution in [3.8, 4) is 0 Å². The van der Waals surface area contributed by atoms with Crippen LogP contribution in [-0.2, 0) is 25.5 Å². The van der Waals surface area contributed by atoms with Gasteiger partial charge in [0.2, 0.25) is 23.8 Å². The van der Waals surface area contributed by atoms with Gasteiger partial charge in [0.15, 0.2) is 17.1 Å². The molecule has 186 valence electrons. The van der Waals surface area contributed by atoms with Gasteiger partial charge in [-0.15, -0.1) is 0 Å². The molecule has 5 heterocycles. The lowest BCUT2D eigenvalue weighted by Crippen LogP contribution is -2.75. The number of aromatic nitrogens is 1. The molecule has 0 bridgehead atoms. The number of barbiturate groups is 1. The van der Waals surface area contributed by atoms with Gasteiger partial charge >= 0.3 is 6.03 Å². The number of hydrogen-bond acceptors (Lipinski definition) is 10. The minimum atomic E-state index is -1.73. The molecule has 13 heteroatoms. The lowest BCUT2D eigenvalue weighted by Gasteiger charge is -2.55. The van der Waals surface area contributed by atoms with Crippen molar-refractivity contribution in [3.05, 3.63) is 17.4 Å². The molecule has 4 aliphatic heterocycles. The second-order valence-corrected chi connectivity index (χ2v) is 9.64. The minimum Gasteiger partial charge on any atom is -0.372 e. The van der Waals surface area contributed by atoms with E-state index in [1.165, 1.54) is 4.90 Å². The Bertz CT molecular complexity index is 1260. The number of fused-ring (bicyclic) bond motifs is 5. The first-order valence-electron chi connectivity index (χ1n) is 11.4. The lowest BCUT2D eigenvalue weighted by molar-refractivity contribution is -0.153. The van der Waals surface area contributed by atoms with E-state index in [2.05, 4.69) is 15.8 Å². The highest BCUT2D eigenvalue weighted by molar-refractivity contribution is 6.20. The quantitative estimate of drug-likeness (QED) is 0.480. The molecule has 5 atom stereocenters. The van der Waals surface area contributed by atoms with Gasteiger partial charge in [-0.3, -0.25) is 20.2 Å². The first-order chi connectivity index (χ1) is 16.6. The predicted octanol–water partition coefficient (Wildman–Crippen LogP) is 0.359. The van der Waals surface area contributed by atoms with E-state index in [-0.39, 0.29) is 47.6 Å². The van der Waals surface area contributed by atoms with Gasteiger partial charge in [0.1, 0.15) is 0 Å². The van der Waals surface area contributed by atoms with E-state index in [0.29, 0.717) is 12.1 Å². The number of rotatable bonds is 1. The summed E-state index contributed by atoms with van der Waals surface area (Å²) in [7, 11) is 0. The zero-order valence-electron chi connectivity index (χ0n) is 19.2. The summed E-state index contributed by atoms with van der Waals surface area (Å²) < 4.78 is 32.8. The molecule has 1 spiro atoms. The molecule has 1 unspecified atom stereocenters. The number of carbonyl (C=O) groups excluding carboxylic acids is 3. The molecule has 0 aliphatic carbocycles. The number of aliphatic hydroxyl groups excluding tert-OH is 1. The van der Waals surface area contributed by atoms with E-state index in [9.17, 15) is 19.5 Å². The van der Waals surface area contributed by atoms with E-state index in [1.54, 1.807) is 24.8 Å². The Balaban J connectivity index is 1.56. The van der Waals surface area contributed by atoms with Crippen molar-refractivity contribution in [2.45, 2.75) is 58.0 Å². The van der Waals surface area contributed by atoms with Crippen LogP contribution in [0.15, 0.2) is 10.6 Å². The van der Waals surface area contributed by atoms with Gasteiger partial charge in [0.05, 0.1) is 42.0 Å². The second-order valence-electron chi connectivity index (χ2n) is 9.64. The first kappa shape index (κ1) is 22.2. The largest absolute Gasteiger partial charge is 0.372 e. The predicted molar refractivity (Wildman–Crippen MR) is 117 cm³/mol. The number of nitrogens with zero attached hydrogens (tertiary/aromatic N) is 3. The van der Waals surface area contributed by atoms with Crippen LogP contribution in [0.2, 0.25) is 0 Å². The maximum absolute atomic E-state index is 16.1. The number of anilines is 2. The molecule has 3 N–H and O–H groups in total. The average Bonchev–Trinajstić information content (AvgIpc) is 3.33. The number of urea groups is 1. The number of imide groups is 2. The van der Waals surface area contributed by atoms with Crippen molar-refractivity contribution in [2.75, 3.05) is 22.9 Å². The third-order valence-electron chi connectivity index (χ3n) is 7.29. The van der Waals surface area contributed by atoms with Crippen molar-refractivity contribution in [1.82, 2.24) is 15.8 Å². The molecular formula is C22H24FN5O7. The minimum absolute atomic E-state index is 0.111. The van der Waals surface area contributed by atoms with Crippen LogP contribution < -0.4 is 20.4 Å². The Morgan fingerprint density at radius 2 is 1.74 bits per heavy atom. The van der Waals surface area contributed by atoms with E-state index in [1.807, 2.05) is 6.92 Å². The van der Waals surface area contributed by atoms with Crippen molar-refractivity contribution >= 4 is 40.3 Å². The van der Waals surface area contributed by atoms with Gasteiger partial charge in [-0.2, -0.15) is 0 Å². The Morgan fingerprint density at radius 3 is 2.40 bits per heavy atom. The number of aliphatic hydroxyl groups is 1. The summed E-state index contributed by atoms with van der Waals surface area (Å²) in [4.78, 5) is 41.5. The summed E-state index contributed by atoms with van der Waals surface area (Å²) in [5.41, 5.74) is -1.27. The van der Waals surface area contributed by atoms with E-state index in [4.69, 9.17) is 14.0 Å². The third-order valence-corrected chi connectivity index (χ3v) is 7.29. The molecule has 35 heavy (non-hydrogen) atoms. The summed E-state index contributed by atoms with van der Waals surface area (Å²) in [6.45, 7) is 5.82. The SMILES string of the molecule is C[C@@H]1CN(c2noc3c(F)c4c(cc23)CC2(C(=O)NC(=O)NC2=O)[C@H]2[C@H](C)O[C@H](C)CN42)C(O)O1. The number of hydrogen-bond donors (Lipinski definition) is 3. The molecule has 12 nitrogen and oxygen atoms in total. The van der Waals surface area contributed by atoms with Gasteiger partial charge in [-0.1, -0.05) is 5.16 Å². The van der Waals surface area contributed by atoms with Crippen LogP contribution in [0.5, 0.6) is 0 Å². The molecule has 4 amide bonds. The normalized spacial score (nSPS) is 32.0. The molecule has 3 saturated heterocycles. The first-order valence-corrected chi connectivity index (χ1v) is 11.4. The van der Waals surface area contributed by atoms with Gasteiger partial charge in [0.25, 0.3) is 0 Å². The molecule has 4 aliphatic rings. The van der Waals surface area contributed by atoms with Crippen LogP contribution in [0.25, 0.3) is 11.0 Å². The molecule has 3 fully saturated rings. The fourth-order valence-electron chi connectivity index (χ4n) is 6.03. The van der Waals surface area contributed by atoms with Crippen molar-refractivity contribution in [3.63, 3.8) is 0 Å². The lowest BCUT2D eigenvalue weighted by atomic mass is 9.66. The van der Waals surface area contributed by atoms with Crippen LogP contribution in [0.3, 0.4) is 0 Å². The van der Waals surface area contributed by atoms with Gasteiger partial charge in [0, 0.05) is 13.0 Å². The van der Waals surface area contributed by atoms with Gasteiger partial charge in [-0.25, -0.2) is 9.18 Å². The standard InChI is InChI=1S/C22H24FN5O7/c1-8-6-27-14-11(5-22(16(27)10(3)33-8)18(29)24-20(31)25-19(22)30)4-12-15(13(14)23)35-26-17(12)28-7-9(2)34-21(28)32/h4,8-10,16,21,32H,5-7H2,1-3H3,(H2,24,25,29,30,31)/t8-,9-,10+,16-,21?/m1/s1. The number of carbonyl (C=O) groups is 3. The fraction of sp³-hybridized carbons (Fsp3) is 0.545. The van der Waals surface area contributed by atoms with Crippen LogP contribution in [0.1, 0.15) is 26.3 Å². The van der Waals surface area contributed by atoms with Crippen LogP contribution in [0, 0.1) is 11.2 Å². The molecule has 0 saturated carbocycles. The zero-order valence-corrected chi connectivity index (χ0v) is 19.2. The van der Waals surface area contributed by atoms with Crippen LogP contribution in [-0.4, -0.2) is 72.0 Å². The third kappa shape index (κ3) is 2.95. The summed E-state index contributed by atoms with van der Waals surface area (Å²) in [5.74, 6) is -2.03. The van der Waals surface area contributed by atoms with E-state index >= 15 is 4.39 Å². The maximum atomic E-state index is 16.1. The number of ether oxygens (including phenoxy) is 2. The maximum Gasteiger partial charge on any atom is 0.328 e. The Hall–Kier alpha value is -3.29. The molecule has 1 aromatic heterocycles. The summed E-state index contributed by atoms with van der Waals surface area (Å²) in [6.07, 6.45) is -2.69. The summed E-state index contributed by atoms with van der Waals surface area (Å²) in [6, 6.07) is -0.154. The van der Waals surface area contributed by atoms with Crippen LogP contribution in [0.4, 0.5) is 20.7 Å². The molecule has 6 rings (SSSR count). The number of benzene rings is 1. The van der Waals surface area contributed by atoms with Crippen LogP contribution >= 0.6 is 0 Å². The highest BCUT2D eigenvalue weighted by atomic mass is 19.1. The number of amides is 4. The van der Waals surface area contributed by atoms with Crippen molar-refractivity contribution < 1.29 is 37.9 Å². The Kier molecular flexibility index (Phi) is 4.66. The molecule has 1 aromatic carbocycles. The van der Waals surface area contributed by atoms with Crippen molar-refractivity contribution in [2.24, 2.45) is 5.41 Å². The molecular weight excluding hydrogens is 465 g/mol. The second kappa shape index (κ2) is 7.35. The highest BCUT2D eigenvalue weighted by Crippen LogP contribution is 2.49. The number of morpholine rings is 1. The average molecular weight is 489 g/mol. The fourth-order valence-corrected chi connectivity index (χ4v) is 6.03. The van der Waals surface area contributed by atoms with Crippen molar-refractivity contribution in [1.29, 1.82) is 0 Å². The van der Waals surface area contributed by atoms with E-state index in [0.717, 1.165) is 0 Å². The van der Waals surface area contributed by atoms with Gasteiger partial charge in [-0.05, 0) is 32.4 Å².